The number of anilines is 1. The minimum absolute atomic E-state index is 1.07. The molecule has 3 nitrogen and oxygen atoms in total. The molecule has 4 heteroatoms. The van der Waals surface area contributed by atoms with Gasteiger partial charge in [-0.05, 0) is 56.4 Å². The summed E-state index contributed by atoms with van der Waals surface area (Å²) in [4.78, 5) is 8.89. The Morgan fingerprint density at radius 1 is 0.964 bits per heavy atom. The highest BCUT2D eigenvalue weighted by Gasteiger charge is 2.18. The summed E-state index contributed by atoms with van der Waals surface area (Å²) in [6, 6.07) is 11.6. The van der Waals surface area contributed by atoms with Gasteiger partial charge in [-0.15, -0.1) is 11.3 Å². The molecule has 1 aliphatic carbocycles. The van der Waals surface area contributed by atoms with E-state index in [1.165, 1.54) is 90.9 Å². The Hall–Kier alpha value is -1.94. The molecule has 0 N–H and O–H groups in total. The Kier molecular flexibility index (Phi) is 5.06. The number of hydrogen-bond acceptors (Lipinski definition) is 3. The van der Waals surface area contributed by atoms with Gasteiger partial charge in [0.25, 0.3) is 0 Å². The molecule has 0 radical (unpaired) electrons. The van der Waals surface area contributed by atoms with Crippen LogP contribution in [0.5, 0.6) is 0 Å². The van der Waals surface area contributed by atoms with Gasteiger partial charge in [0.05, 0.1) is 20.8 Å². The molecule has 0 amide bonds. The zero-order valence-electron chi connectivity index (χ0n) is 16.9. The standard InChI is InChI=1S/C24H30N3S/c1-2-18-15-21-24(17-22(18)27-13-7-4-8-14-27)28-23-16-19(9-10-20(23)25-21)26-11-5-3-6-12-26/h9-10,15-17H,2-8,11-14H2,1H3/q+1. The highest BCUT2D eigenvalue weighted by atomic mass is 32.1. The maximum Gasteiger partial charge on any atom is 0.204 e. The second-order valence-corrected chi connectivity index (χ2v) is 9.35. The average molecular weight is 393 g/mol. The maximum atomic E-state index is 5.03. The average Bonchev–Trinajstić information content (AvgIpc) is 2.77. The molecule has 3 aliphatic heterocycles. The first-order valence-electron chi connectivity index (χ1n) is 11.0. The molecule has 28 heavy (non-hydrogen) atoms. The normalized spacial score (nSPS) is 18.2. The third-order valence-electron chi connectivity index (χ3n) is 6.36. The van der Waals surface area contributed by atoms with E-state index in [4.69, 9.17) is 4.98 Å². The summed E-state index contributed by atoms with van der Waals surface area (Å²) in [5.41, 5.74) is 5.09. The van der Waals surface area contributed by atoms with Crippen LogP contribution in [0.4, 0.5) is 5.69 Å². The predicted octanol–water partition coefficient (Wildman–Crippen LogP) is 4.91. The minimum Gasteiger partial charge on any atom is -0.371 e. The van der Waals surface area contributed by atoms with Crippen molar-refractivity contribution in [3.63, 3.8) is 0 Å². The van der Waals surface area contributed by atoms with Gasteiger partial charge in [0, 0.05) is 43.2 Å². The monoisotopic (exact) mass is 392 g/mol. The van der Waals surface area contributed by atoms with Crippen LogP contribution < -0.4 is 14.8 Å². The van der Waals surface area contributed by atoms with Gasteiger partial charge in [-0.2, -0.15) is 0 Å². The van der Waals surface area contributed by atoms with E-state index in [9.17, 15) is 0 Å². The Labute approximate surface area is 171 Å². The molecule has 1 aromatic rings. The predicted molar refractivity (Wildman–Crippen MR) is 121 cm³/mol. The Morgan fingerprint density at radius 3 is 2.54 bits per heavy atom. The number of aromatic nitrogens is 1. The molecule has 3 heterocycles. The van der Waals surface area contributed by atoms with E-state index in [1.807, 2.05) is 11.3 Å². The highest BCUT2D eigenvalue weighted by Crippen LogP contribution is 2.33. The van der Waals surface area contributed by atoms with E-state index in [0.29, 0.717) is 0 Å². The van der Waals surface area contributed by atoms with E-state index >= 15 is 0 Å². The second kappa shape index (κ2) is 7.82. The molecule has 2 fully saturated rings. The van der Waals surface area contributed by atoms with Crippen LogP contribution in [-0.4, -0.2) is 31.2 Å². The number of nitrogens with zero attached hydrogens (tertiary/aromatic N) is 3. The van der Waals surface area contributed by atoms with Crippen molar-refractivity contribution in [3.8, 4) is 10.6 Å². The van der Waals surface area contributed by atoms with Gasteiger partial charge in [-0.1, -0.05) is 6.92 Å². The molecule has 4 aliphatic rings. The highest BCUT2D eigenvalue weighted by molar-refractivity contribution is 7.21. The molecule has 146 valence electrons. The third-order valence-corrected chi connectivity index (χ3v) is 7.46. The first kappa shape index (κ1) is 18.1. The SMILES string of the molecule is CCc1cc2nc3ccc(N4CCCCC4)cc3sc-2cc1=[N+]1CCCCC1. The van der Waals surface area contributed by atoms with Crippen LogP contribution in [0.1, 0.15) is 51.0 Å². The summed E-state index contributed by atoms with van der Waals surface area (Å²) in [5, 5.41) is 1.44. The molecule has 0 spiro atoms. The number of benzene rings is 2. The number of fused-ring (bicyclic) bond motifs is 2. The van der Waals surface area contributed by atoms with E-state index in [2.05, 4.69) is 46.7 Å². The third kappa shape index (κ3) is 3.43. The van der Waals surface area contributed by atoms with Gasteiger partial charge in [0.15, 0.2) is 0 Å². The van der Waals surface area contributed by atoms with Crippen molar-refractivity contribution in [2.24, 2.45) is 0 Å². The van der Waals surface area contributed by atoms with Crippen LogP contribution in [0.25, 0.3) is 20.8 Å². The van der Waals surface area contributed by atoms with Crippen LogP contribution >= 0.6 is 11.3 Å². The van der Waals surface area contributed by atoms with Gasteiger partial charge in [0.1, 0.15) is 13.1 Å². The largest absolute Gasteiger partial charge is 0.371 e. The van der Waals surface area contributed by atoms with Crippen molar-refractivity contribution in [2.75, 3.05) is 31.1 Å². The second-order valence-electron chi connectivity index (χ2n) is 8.26. The van der Waals surface area contributed by atoms with Crippen molar-refractivity contribution in [1.82, 2.24) is 9.56 Å². The number of hydrogen-bond donors (Lipinski definition) is 0. The summed E-state index contributed by atoms with van der Waals surface area (Å²) in [5.74, 6) is 0. The van der Waals surface area contributed by atoms with Gasteiger partial charge in [0.2, 0.25) is 5.36 Å². The van der Waals surface area contributed by atoms with E-state index < -0.39 is 0 Å². The lowest BCUT2D eigenvalue weighted by atomic mass is 10.1. The maximum absolute atomic E-state index is 5.03. The number of aryl methyl sites for hydroxylation is 1. The smallest absolute Gasteiger partial charge is 0.204 e. The van der Waals surface area contributed by atoms with E-state index in [0.717, 1.165) is 17.6 Å². The van der Waals surface area contributed by atoms with Gasteiger partial charge < -0.3 is 4.90 Å². The summed E-state index contributed by atoms with van der Waals surface area (Å²) >= 11 is 1.91. The first-order chi connectivity index (χ1) is 13.8. The van der Waals surface area contributed by atoms with Gasteiger partial charge >= 0.3 is 0 Å². The fourth-order valence-electron chi connectivity index (χ4n) is 4.76. The summed E-state index contributed by atoms with van der Waals surface area (Å²) in [6.45, 7) is 7.04. The zero-order valence-corrected chi connectivity index (χ0v) is 17.7. The van der Waals surface area contributed by atoms with Crippen LogP contribution in [0, 0.1) is 0 Å². The summed E-state index contributed by atoms with van der Waals surface area (Å²) in [6.07, 6.45) is 9.09. The summed E-state index contributed by atoms with van der Waals surface area (Å²) in [7, 11) is 0. The Bertz CT molecular complexity index is 1020. The molecule has 0 unspecified atom stereocenters. The fraction of sp³-hybridized carbons (Fsp3) is 0.500. The topological polar surface area (TPSA) is 19.1 Å². The van der Waals surface area contributed by atoms with Gasteiger partial charge in [-0.25, -0.2) is 9.56 Å². The summed E-state index contributed by atoms with van der Waals surface area (Å²) < 4.78 is 3.91. The Morgan fingerprint density at radius 2 is 1.75 bits per heavy atom. The molecule has 1 aromatic carbocycles. The van der Waals surface area contributed by atoms with Crippen LogP contribution in [0.2, 0.25) is 0 Å². The number of piperidine rings is 2. The molecule has 2 saturated heterocycles. The lowest BCUT2D eigenvalue weighted by Gasteiger charge is -2.29. The molecule has 5 rings (SSSR count). The fourth-order valence-corrected chi connectivity index (χ4v) is 5.77. The Balaban J connectivity index is 1.64. The molecule has 0 aromatic heterocycles. The van der Waals surface area contributed by atoms with Gasteiger partial charge in [-0.3, -0.25) is 0 Å². The molecular weight excluding hydrogens is 362 g/mol. The van der Waals surface area contributed by atoms with Crippen molar-refractivity contribution >= 4 is 27.2 Å². The van der Waals surface area contributed by atoms with E-state index in [1.54, 1.807) is 0 Å². The molecule has 0 saturated carbocycles. The van der Waals surface area contributed by atoms with Crippen LogP contribution in [-0.2, 0) is 6.42 Å². The van der Waals surface area contributed by atoms with Crippen molar-refractivity contribution < 1.29 is 0 Å². The van der Waals surface area contributed by atoms with Crippen LogP contribution in [0.3, 0.4) is 0 Å². The lowest BCUT2D eigenvalue weighted by Crippen LogP contribution is -2.36. The first-order valence-corrected chi connectivity index (χ1v) is 11.8. The van der Waals surface area contributed by atoms with E-state index in [-0.39, 0.29) is 0 Å². The van der Waals surface area contributed by atoms with Crippen molar-refractivity contribution in [3.05, 3.63) is 41.3 Å². The molecule has 0 bridgehead atoms. The van der Waals surface area contributed by atoms with Crippen molar-refractivity contribution in [2.45, 2.75) is 51.9 Å². The number of rotatable bonds is 2. The lowest BCUT2D eigenvalue weighted by molar-refractivity contribution is 0.450. The van der Waals surface area contributed by atoms with Crippen molar-refractivity contribution in [1.29, 1.82) is 0 Å². The molecule has 0 atom stereocenters. The molecular formula is C24H30N3S+. The van der Waals surface area contributed by atoms with Crippen LogP contribution in [0.15, 0.2) is 30.3 Å². The zero-order chi connectivity index (χ0) is 18.9. The minimum atomic E-state index is 1.07. The quantitative estimate of drug-likeness (QED) is 0.456.